The number of nitrogens with one attached hydrogen (secondary N) is 1. The highest BCUT2D eigenvalue weighted by molar-refractivity contribution is 7.90. The number of rotatable bonds is 4. The van der Waals surface area contributed by atoms with Crippen molar-refractivity contribution in [3.8, 4) is 0 Å². The highest BCUT2D eigenvalue weighted by Crippen LogP contribution is 2.21. The van der Waals surface area contributed by atoms with Gasteiger partial charge in [0.1, 0.15) is 5.82 Å². The highest BCUT2D eigenvalue weighted by atomic mass is 32.2. The van der Waals surface area contributed by atoms with E-state index in [1.807, 2.05) is 13.8 Å². The number of benzene rings is 2. The Labute approximate surface area is 124 Å². The predicted octanol–water partition coefficient (Wildman–Crippen LogP) is 3.46. The van der Waals surface area contributed by atoms with Crippen LogP contribution in [0.5, 0.6) is 0 Å². The lowest BCUT2D eigenvalue weighted by Gasteiger charge is -2.12. The molecule has 0 aromatic heterocycles. The summed E-state index contributed by atoms with van der Waals surface area (Å²) in [7, 11) is -3.23. The van der Waals surface area contributed by atoms with Crippen molar-refractivity contribution in [2.45, 2.75) is 25.3 Å². The predicted molar refractivity (Wildman–Crippen MR) is 82.8 cm³/mol. The molecule has 0 heterocycles. The molecule has 3 nitrogen and oxygen atoms in total. The van der Waals surface area contributed by atoms with E-state index in [0.29, 0.717) is 6.54 Å². The van der Waals surface area contributed by atoms with Gasteiger partial charge in [-0.3, -0.25) is 0 Å². The number of aryl methyl sites for hydroxylation is 2. The van der Waals surface area contributed by atoms with Gasteiger partial charge in [-0.05, 0) is 54.8 Å². The molecule has 2 rings (SSSR count). The molecule has 0 unspecified atom stereocenters. The maximum absolute atomic E-state index is 13.1. The van der Waals surface area contributed by atoms with E-state index in [0.717, 1.165) is 22.4 Å². The zero-order valence-corrected chi connectivity index (χ0v) is 13.1. The standard InChI is InChI=1S/C16H18FNO2S/c1-11-4-7-15(21(3,19)20)9-16(11)18-10-13-5-6-14(17)8-12(13)2/h4-9,18H,10H2,1-3H3. The molecule has 0 radical (unpaired) electrons. The molecule has 0 aliphatic rings. The van der Waals surface area contributed by atoms with E-state index in [-0.39, 0.29) is 10.7 Å². The van der Waals surface area contributed by atoms with E-state index in [1.54, 1.807) is 24.3 Å². The third-order valence-electron chi connectivity index (χ3n) is 3.41. The van der Waals surface area contributed by atoms with Crippen molar-refractivity contribution >= 4 is 15.5 Å². The summed E-state index contributed by atoms with van der Waals surface area (Å²) < 4.78 is 36.3. The van der Waals surface area contributed by atoms with Crippen molar-refractivity contribution in [1.29, 1.82) is 0 Å². The van der Waals surface area contributed by atoms with Crippen molar-refractivity contribution in [2.24, 2.45) is 0 Å². The van der Waals surface area contributed by atoms with E-state index in [1.165, 1.54) is 18.4 Å². The molecule has 2 aromatic rings. The van der Waals surface area contributed by atoms with Crippen LogP contribution in [0.1, 0.15) is 16.7 Å². The minimum atomic E-state index is -3.23. The van der Waals surface area contributed by atoms with Crippen LogP contribution in [0, 0.1) is 19.7 Å². The summed E-state index contributed by atoms with van der Waals surface area (Å²) in [6.45, 7) is 4.27. The summed E-state index contributed by atoms with van der Waals surface area (Å²) in [6, 6.07) is 9.63. The summed E-state index contributed by atoms with van der Waals surface area (Å²) in [6.07, 6.45) is 1.19. The first-order chi connectivity index (χ1) is 9.77. The Kier molecular flexibility index (Phi) is 4.32. The summed E-state index contributed by atoms with van der Waals surface area (Å²) in [5.74, 6) is -0.258. The average molecular weight is 307 g/mol. The van der Waals surface area contributed by atoms with Crippen molar-refractivity contribution in [1.82, 2.24) is 0 Å². The van der Waals surface area contributed by atoms with Crippen molar-refractivity contribution in [3.63, 3.8) is 0 Å². The second-order valence-corrected chi connectivity index (χ2v) is 7.19. The molecule has 0 saturated carbocycles. The summed E-state index contributed by atoms with van der Waals surface area (Å²) >= 11 is 0. The van der Waals surface area contributed by atoms with E-state index in [2.05, 4.69) is 5.32 Å². The average Bonchev–Trinajstić information content (AvgIpc) is 2.38. The van der Waals surface area contributed by atoms with Gasteiger partial charge in [-0.15, -0.1) is 0 Å². The van der Waals surface area contributed by atoms with E-state index in [9.17, 15) is 12.8 Å². The first kappa shape index (κ1) is 15.5. The number of anilines is 1. The van der Waals surface area contributed by atoms with Gasteiger partial charge in [-0.2, -0.15) is 0 Å². The Bertz CT molecular complexity index is 770. The molecule has 0 aliphatic carbocycles. The molecular weight excluding hydrogens is 289 g/mol. The fourth-order valence-electron chi connectivity index (χ4n) is 2.07. The molecular formula is C16H18FNO2S. The van der Waals surface area contributed by atoms with Gasteiger partial charge in [-0.1, -0.05) is 12.1 Å². The molecule has 112 valence electrons. The van der Waals surface area contributed by atoms with Crippen LogP contribution in [-0.4, -0.2) is 14.7 Å². The second kappa shape index (κ2) is 5.85. The summed E-state index contributed by atoms with van der Waals surface area (Å²) in [5.41, 5.74) is 3.56. The lowest BCUT2D eigenvalue weighted by atomic mass is 10.1. The lowest BCUT2D eigenvalue weighted by Crippen LogP contribution is -2.05. The largest absolute Gasteiger partial charge is 0.381 e. The van der Waals surface area contributed by atoms with Crippen LogP contribution in [0.2, 0.25) is 0 Å². The first-order valence-corrected chi connectivity index (χ1v) is 8.46. The summed E-state index contributed by atoms with van der Waals surface area (Å²) in [5, 5.41) is 3.22. The van der Waals surface area contributed by atoms with Gasteiger partial charge in [0.25, 0.3) is 0 Å². The molecule has 0 fully saturated rings. The van der Waals surface area contributed by atoms with Crippen molar-refractivity contribution < 1.29 is 12.8 Å². The fourth-order valence-corrected chi connectivity index (χ4v) is 2.72. The number of halogens is 1. The maximum atomic E-state index is 13.1. The smallest absolute Gasteiger partial charge is 0.175 e. The number of hydrogen-bond acceptors (Lipinski definition) is 3. The van der Waals surface area contributed by atoms with Crippen LogP contribution in [0.25, 0.3) is 0 Å². The quantitative estimate of drug-likeness (QED) is 0.941. The van der Waals surface area contributed by atoms with Crippen LogP contribution in [0.4, 0.5) is 10.1 Å². The molecule has 0 atom stereocenters. The van der Waals surface area contributed by atoms with E-state index in [4.69, 9.17) is 0 Å². The van der Waals surface area contributed by atoms with Crippen molar-refractivity contribution in [2.75, 3.05) is 11.6 Å². The van der Waals surface area contributed by atoms with Gasteiger partial charge in [0.15, 0.2) is 9.84 Å². The molecule has 0 amide bonds. The molecule has 0 spiro atoms. The lowest BCUT2D eigenvalue weighted by molar-refractivity contribution is 0.602. The van der Waals surface area contributed by atoms with Gasteiger partial charge >= 0.3 is 0 Å². The monoisotopic (exact) mass is 307 g/mol. The van der Waals surface area contributed by atoms with Gasteiger partial charge in [0.2, 0.25) is 0 Å². The Balaban J connectivity index is 2.23. The first-order valence-electron chi connectivity index (χ1n) is 6.57. The normalized spacial score (nSPS) is 11.4. The molecule has 5 heteroatoms. The topological polar surface area (TPSA) is 46.2 Å². The Morgan fingerprint density at radius 1 is 1.05 bits per heavy atom. The van der Waals surface area contributed by atoms with Crippen LogP contribution >= 0.6 is 0 Å². The van der Waals surface area contributed by atoms with Gasteiger partial charge in [0, 0.05) is 18.5 Å². The van der Waals surface area contributed by atoms with Gasteiger partial charge < -0.3 is 5.32 Å². The SMILES string of the molecule is Cc1cc(F)ccc1CNc1cc(S(C)(=O)=O)ccc1C. The van der Waals surface area contributed by atoms with E-state index < -0.39 is 9.84 Å². The van der Waals surface area contributed by atoms with Crippen molar-refractivity contribution in [3.05, 3.63) is 58.9 Å². The van der Waals surface area contributed by atoms with Gasteiger partial charge in [-0.25, -0.2) is 12.8 Å². The second-order valence-electron chi connectivity index (χ2n) is 5.17. The van der Waals surface area contributed by atoms with Crippen LogP contribution in [-0.2, 0) is 16.4 Å². The third-order valence-corrected chi connectivity index (χ3v) is 4.52. The molecule has 0 bridgehead atoms. The fraction of sp³-hybridized carbons (Fsp3) is 0.250. The highest BCUT2D eigenvalue weighted by Gasteiger charge is 2.09. The number of hydrogen-bond donors (Lipinski definition) is 1. The zero-order valence-electron chi connectivity index (χ0n) is 12.3. The minimum absolute atomic E-state index is 0.258. The Morgan fingerprint density at radius 2 is 1.76 bits per heavy atom. The van der Waals surface area contributed by atoms with Crippen LogP contribution < -0.4 is 5.32 Å². The molecule has 1 N–H and O–H groups in total. The summed E-state index contributed by atoms with van der Waals surface area (Å²) in [4.78, 5) is 0.284. The Morgan fingerprint density at radius 3 is 2.38 bits per heavy atom. The Hall–Kier alpha value is -1.88. The zero-order chi connectivity index (χ0) is 15.6. The molecule has 2 aromatic carbocycles. The minimum Gasteiger partial charge on any atom is -0.381 e. The molecule has 0 saturated heterocycles. The third kappa shape index (κ3) is 3.82. The molecule has 21 heavy (non-hydrogen) atoms. The number of sulfone groups is 1. The van der Waals surface area contributed by atoms with Crippen LogP contribution in [0.15, 0.2) is 41.3 Å². The molecule has 0 aliphatic heterocycles. The van der Waals surface area contributed by atoms with Gasteiger partial charge in [0.05, 0.1) is 4.90 Å². The maximum Gasteiger partial charge on any atom is 0.175 e. The van der Waals surface area contributed by atoms with E-state index >= 15 is 0 Å². The van der Waals surface area contributed by atoms with Crippen LogP contribution in [0.3, 0.4) is 0 Å².